The third kappa shape index (κ3) is 4.31. The van der Waals surface area contributed by atoms with Gasteiger partial charge in [0.25, 0.3) is 0 Å². The number of carbonyl (C=O) groups is 1. The maximum Gasteiger partial charge on any atom is 0.243 e. The van der Waals surface area contributed by atoms with Gasteiger partial charge in [0.15, 0.2) is 0 Å². The average Bonchev–Trinajstić information content (AvgIpc) is 2.84. The van der Waals surface area contributed by atoms with Crippen molar-refractivity contribution in [3.05, 3.63) is 59.9 Å². The molecule has 0 spiro atoms. The molecule has 0 atom stereocenters. The average molecular weight is 497 g/mol. The van der Waals surface area contributed by atoms with E-state index in [1.807, 2.05) is 12.1 Å². The highest BCUT2D eigenvalue weighted by Crippen LogP contribution is 2.60. The van der Waals surface area contributed by atoms with E-state index < -0.39 is 15.8 Å². The molecule has 1 aliphatic heterocycles. The summed E-state index contributed by atoms with van der Waals surface area (Å²) in [6.07, 6.45) is 9.19. The molecule has 1 heterocycles. The molecule has 1 amide bonds. The highest BCUT2D eigenvalue weighted by molar-refractivity contribution is 7.89. The molecule has 186 valence electrons. The Hall–Kier alpha value is -2.25. The molecule has 1 saturated heterocycles. The maximum absolute atomic E-state index is 13.2. The summed E-state index contributed by atoms with van der Waals surface area (Å²) in [5.74, 6) is 1.96. The first-order chi connectivity index (χ1) is 16.8. The number of hydrogen-bond acceptors (Lipinski definition) is 3. The van der Waals surface area contributed by atoms with E-state index in [0.29, 0.717) is 18.3 Å². The minimum Gasteiger partial charge on any atom is -0.326 e. The molecule has 35 heavy (non-hydrogen) atoms. The Kier molecular flexibility index (Phi) is 5.76. The molecular weight excluding hydrogens is 463 g/mol. The molecule has 5 nitrogen and oxygen atoms in total. The van der Waals surface area contributed by atoms with E-state index in [0.717, 1.165) is 35.6 Å². The Balaban J connectivity index is 1.06. The number of nitrogens with one attached hydrogen (secondary N) is 1. The molecule has 1 N–H and O–H groups in total. The minimum atomic E-state index is -3.68. The van der Waals surface area contributed by atoms with E-state index in [-0.39, 0.29) is 29.8 Å². The fraction of sp³-hybridized carbons (Fsp3) is 0.536. The lowest BCUT2D eigenvalue weighted by Gasteiger charge is -2.57. The molecule has 0 radical (unpaired) electrons. The van der Waals surface area contributed by atoms with E-state index in [1.165, 1.54) is 60.5 Å². The van der Waals surface area contributed by atoms with Crippen molar-refractivity contribution < 1.29 is 17.6 Å². The lowest BCUT2D eigenvalue weighted by molar-refractivity contribution is -0.120. The number of halogens is 1. The van der Waals surface area contributed by atoms with Crippen LogP contribution in [0.1, 0.15) is 56.9 Å². The summed E-state index contributed by atoms with van der Waals surface area (Å²) in [4.78, 5) is 13.0. The summed E-state index contributed by atoms with van der Waals surface area (Å²) in [6.45, 7) is 0.561. The summed E-state index contributed by atoms with van der Waals surface area (Å²) >= 11 is 0. The van der Waals surface area contributed by atoms with Crippen molar-refractivity contribution in [2.45, 2.75) is 61.7 Å². The fourth-order valence-electron chi connectivity index (χ4n) is 7.73. The van der Waals surface area contributed by atoms with Crippen LogP contribution < -0.4 is 5.32 Å². The highest BCUT2D eigenvalue weighted by Gasteiger charge is 2.51. The van der Waals surface area contributed by atoms with Crippen LogP contribution in [0.5, 0.6) is 0 Å². The van der Waals surface area contributed by atoms with E-state index in [1.54, 1.807) is 0 Å². The van der Waals surface area contributed by atoms with Gasteiger partial charge in [-0.3, -0.25) is 4.79 Å². The monoisotopic (exact) mass is 496 g/mol. The van der Waals surface area contributed by atoms with Crippen LogP contribution in [0.25, 0.3) is 0 Å². The first-order valence-corrected chi connectivity index (χ1v) is 14.4. The van der Waals surface area contributed by atoms with Crippen LogP contribution in [0.4, 0.5) is 10.1 Å². The number of carbonyl (C=O) groups excluding carboxylic acids is 1. The van der Waals surface area contributed by atoms with Gasteiger partial charge in [-0.05, 0) is 116 Å². The van der Waals surface area contributed by atoms with Gasteiger partial charge >= 0.3 is 0 Å². The second kappa shape index (κ2) is 8.70. The first-order valence-electron chi connectivity index (χ1n) is 13.0. The Morgan fingerprint density at radius 2 is 1.40 bits per heavy atom. The summed E-state index contributed by atoms with van der Waals surface area (Å²) in [5.41, 5.74) is 2.60. The van der Waals surface area contributed by atoms with Crippen molar-refractivity contribution in [1.82, 2.24) is 4.31 Å². The normalized spacial score (nSPS) is 30.9. The quantitative estimate of drug-likeness (QED) is 0.608. The molecule has 4 aliphatic carbocycles. The Morgan fingerprint density at radius 3 is 1.94 bits per heavy atom. The smallest absolute Gasteiger partial charge is 0.243 e. The number of nitrogens with zero attached hydrogens (tertiary/aromatic N) is 1. The molecular formula is C28H33FN2O3S. The van der Waals surface area contributed by atoms with Crippen molar-refractivity contribution in [1.29, 1.82) is 0 Å². The van der Waals surface area contributed by atoms with Crippen molar-refractivity contribution in [2.75, 3.05) is 18.4 Å². The van der Waals surface area contributed by atoms with Gasteiger partial charge in [-0.25, -0.2) is 12.8 Å². The molecule has 4 saturated carbocycles. The Morgan fingerprint density at radius 1 is 0.857 bits per heavy atom. The van der Waals surface area contributed by atoms with Gasteiger partial charge in [-0.2, -0.15) is 4.31 Å². The second-order valence-corrected chi connectivity index (χ2v) is 13.3. The van der Waals surface area contributed by atoms with Crippen LogP contribution in [-0.2, 0) is 20.2 Å². The number of rotatable bonds is 5. The molecule has 0 aromatic heterocycles. The molecule has 0 unspecified atom stereocenters. The van der Waals surface area contributed by atoms with Gasteiger partial charge in [-0.1, -0.05) is 12.1 Å². The van der Waals surface area contributed by atoms with Crippen LogP contribution in [0.3, 0.4) is 0 Å². The predicted octanol–water partition coefficient (Wildman–Crippen LogP) is 5.33. The predicted molar refractivity (Wildman–Crippen MR) is 133 cm³/mol. The SMILES string of the molecule is O=C(Nc1ccc(C23CC4CC(CC(C4)C2)C3)cc1)C1CCN(S(=O)(=O)c2ccc(F)cc2)CC1. The molecule has 7 heteroatoms. The van der Waals surface area contributed by atoms with Crippen molar-refractivity contribution in [3.63, 3.8) is 0 Å². The molecule has 7 rings (SSSR count). The zero-order valence-electron chi connectivity index (χ0n) is 20.0. The third-order valence-corrected chi connectivity index (χ3v) is 11.0. The van der Waals surface area contributed by atoms with Gasteiger partial charge in [0, 0.05) is 24.7 Å². The summed E-state index contributed by atoms with van der Waals surface area (Å²) < 4.78 is 40.2. The van der Waals surface area contributed by atoms with Crippen molar-refractivity contribution in [3.8, 4) is 0 Å². The Labute approximate surface area is 207 Å². The Bertz CT molecular complexity index is 1170. The summed E-state index contributed by atoms with van der Waals surface area (Å²) in [6, 6.07) is 13.4. The lowest BCUT2D eigenvalue weighted by Crippen LogP contribution is -2.48. The van der Waals surface area contributed by atoms with Gasteiger partial charge in [0.05, 0.1) is 4.90 Å². The van der Waals surface area contributed by atoms with E-state index >= 15 is 0 Å². The number of hydrogen-bond donors (Lipinski definition) is 1. The van der Waals surface area contributed by atoms with Crippen LogP contribution in [0.15, 0.2) is 53.4 Å². The molecule has 2 aromatic carbocycles. The van der Waals surface area contributed by atoms with Crippen LogP contribution in [-0.4, -0.2) is 31.7 Å². The fourth-order valence-corrected chi connectivity index (χ4v) is 9.20. The number of benzene rings is 2. The highest BCUT2D eigenvalue weighted by atomic mass is 32.2. The first kappa shape index (κ1) is 23.2. The van der Waals surface area contributed by atoms with E-state index in [2.05, 4.69) is 17.4 Å². The zero-order chi connectivity index (χ0) is 24.2. The largest absolute Gasteiger partial charge is 0.326 e. The molecule has 4 bridgehead atoms. The molecule has 2 aromatic rings. The third-order valence-electron chi connectivity index (χ3n) is 9.08. The zero-order valence-corrected chi connectivity index (χ0v) is 20.8. The molecule has 5 fully saturated rings. The standard InChI is InChI=1S/C28H33FN2O3S/c29-24-3-7-26(8-4-24)35(33,34)31-11-9-22(10-12-31)27(32)30-25-5-1-23(2-6-25)28-16-19-13-20(17-28)15-21(14-19)18-28/h1-8,19-22H,9-18H2,(H,30,32). The number of anilines is 1. The molecule has 5 aliphatic rings. The van der Waals surface area contributed by atoms with Crippen LogP contribution in [0, 0.1) is 29.5 Å². The van der Waals surface area contributed by atoms with E-state index in [9.17, 15) is 17.6 Å². The van der Waals surface area contributed by atoms with Crippen LogP contribution in [0.2, 0.25) is 0 Å². The van der Waals surface area contributed by atoms with E-state index in [4.69, 9.17) is 0 Å². The number of piperidine rings is 1. The topological polar surface area (TPSA) is 66.5 Å². The van der Waals surface area contributed by atoms with Crippen molar-refractivity contribution >= 4 is 21.6 Å². The number of amides is 1. The minimum absolute atomic E-state index is 0.0496. The van der Waals surface area contributed by atoms with Crippen LogP contribution >= 0.6 is 0 Å². The summed E-state index contributed by atoms with van der Waals surface area (Å²) in [5, 5.41) is 3.06. The lowest BCUT2D eigenvalue weighted by atomic mass is 9.48. The van der Waals surface area contributed by atoms with Gasteiger partial charge in [0.1, 0.15) is 5.82 Å². The van der Waals surface area contributed by atoms with Gasteiger partial charge < -0.3 is 5.32 Å². The maximum atomic E-state index is 13.2. The second-order valence-electron chi connectivity index (χ2n) is 11.4. The summed E-state index contributed by atoms with van der Waals surface area (Å²) in [7, 11) is -3.68. The van der Waals surface area contributed by atoms with Crippen molar-refractivity contribution in [2.24, 2.45) is 23.7 Å². The van der Waals surface area contributed by atoms with Gasteiger partial charge in [0.2, 0.25) is 15.9 Å². The number of sulfonamides is 1. The van der Waals surface area contributed by atoms with Gasteiger partial charge in [-0.15, -0.1) is 0 Å².